The lowest BCUT2D eigenvalue weighted by Gasteiger charge is -1.88. The molecule has 1 rings (SSSR count). The van der Waals surface area contributed by atoms with Gasteiger partial charge in [0.1, 0.15) is 5.76 Å². The van der Waals surface area contributed by atoms with Gasteiger partial charge in [-0.05, 0) is 29.3 Å². The average molecular weight is 204 g/mol. The lowest BCUT2D eigenvalue weighted by Crippen LogP contribution is -1.82. The van der Waals surface area contributed by atoms with Gasteiger partial charge in [0.2, 0.25) is 0 Å². The summed E-state index contributed by atoms with van der Waals surface area (Å²) in [6.45, 7) is 4.02. The van der Waals surface area contributed by atoms with Crippen molar-refractivity contribution >= 4 is 15.9 Å². The van der Waals surface area contributed by atoms with Gasteiger partial charge in [0.25, 0.3) is 0 Å². The van der Waals surface area contributed by atoms with E-state index in [9.17, 15) is 0 Å². The summed E-state index contributed by atoms with van der Waals surface area (Å²) in [6.07, 6.45) is 2.09. The summed E-state index contributed by atoms with van der Waals surface area (Å²) in [6, 6.07) is 0. The van der Waals surface area contributed by atoms with Gasteiger partial charge < -0.3 is 4.52 Å². The van der Waals surface area contributed by atoms with E-state index in [0.717, 1.165) is 28.8 Å². The third-order valence-corrected chi connectivity index (χ3v) is 2.36. The molecule has 1 aromatic rings. The van der Waals surface area contributed by atoms with Gasteiger partial charge >= 0.3 is 0 Å². The lowest BCUT2D eigenvalue weighted by atomic mass is 10.2. The molecule has 3 heteroatoms. The molecule has 1 aromatic heterocycles. The molecule has 0 aliphatic rings. The molecule has 0 saturated carbocycles. The minimum atomic E-state index is 0.864. The van der Waals surface area contributed by atoms with E-state index in [4.69, 9.17) is 4.52 Å². The maximum Gasteiger partial charge on any atom is 0.148 e. The van der Waals surface area contributed by atoms with Crippen molar-refractivity contribution in [1.82, 2.24) is 5.16 Å². The fraction of sp³-hybridized carbons (Fsp3) is 0.571. The molecule has 0 aliphatic heterocycles. The van der Waals surface area contributed by atoms with Gasteiger partial charge in [-0.3, -0.25) is 0 Å². The molecule has 0 amide bonds. The minimum Gasteiger partial charge on any atom is -0.360 e. The predicted molar refractivity (Wildman–Crippen MR) is 42.9 cm³/mol. The summed E-state index contributed by atoms with van der Waals surface area (Å²) < 4.78 is 5.97. The molecule has 0 bridgehead atoms. The first-order valence-corrected chi connectivity index (χ1v) is 4.15. The largest absolute Gasteiger partial charge is 0.360 e. The first-order chi connectivity index (χ1) is 4.75. The summed E-state index contributed by atoms with van der Waals surface area (Å²) >= 11 is 3.39. The summed E-state index contributed by atoms with van der Waals surface area (Å²) in [7, 11) is 0. The van der Waals surface area contributed by atoms with Crippen LogP contribution in [0.4, 0.5) is 0 Å². The fourth-order valence-electron chi connectivity index (χ4n) is 0.799. The van der Waals surface area contributed by atoms with Gasteiger partial charge in [-0.2, -0.15) is 0 Å². The van der Waals surface area contributed by atoms with Crippen molar-refractivity contribution in [3.05, 3.63) is 15.9 Å². The van der Waals surface area contributed by atoms with Gasteiger partial charge in [-0.1, -0.05) is 18.5 Å². The van der Waals surface area contributed by atoms with Crippen LogP contribution in [-0.2, 0) is 6.42 Å². The number of aromatic nitrogens is 1. The van der Waals surface area contributed by atoms with E-state index in [1.165, 1.54) is 0 Å². The van der Waals surface area contributed by atoms with Gasteiger partial charge in [-0.25, -0.2) is 0 Å². The van der Waals surface area contributed by atoms with E-state index in [2.05, 4.69) is 28.0 Å². The summed E-state index contributed by atoms with van der Waals surface area (Å²) in [5.74, 6) is 0.864. The first-order valence-electron chi connectivity index (χ1n) is 3.36. The Morgan fingerprint density at radius 3 is 2.70 bits per heavy atom. The van der Waals surface area contributed by atoms with E-state index in [-0.39, 0.29) is 0 Å². The monoisotopic (exact) mass is 203 g/mol. The minimum absolute atomic E-state index is 0.864. The van der Waals surface area contributed by atoms with E-state index in [0.29, 0.717) is 0 Å². The second kappa shape index (κ2) is 3.19. The van der Waals surface area contributed by atoms with Crippen LogP contribution in [0.1, 0.15) is 24.8 Å². The number of aryl methyl sites for hydroxylation is 2. The summed E-state index contributed by atoms with van der Waals surface area (Å²) in [5, 5.41) is 3.88. The van der Waals surface area contributed by atoms with Crippen LogP contribution in [0.15, 0.2) is 9.00 Å². The third kappa shape index (κ3) is 1.40. The average Bonchev–Trinajstić information content (AvgIpc) is 2.20. The van der Waals surface area contributed by atoms with Gasteiger partial charge in [0, 0.05) is 0 Å². The molecule has 0 N–H and O–H groups in total. The Bertz CT molecular complexity index is 219. The number of nitrogens with zero attached hydrogens (tertiary/aromatic N) is 1. The second-order valence-electron chi connectivity index (χ2n) is 2.25. The highest BCUT2D eigenvalue weighted by Gasteiger charge is 2.07. The third-order valence-electron chi connectivity index (χ3n) is 1.34. The topological polar surface area (TPSA) is 26.0 Å². The molecule has 0 atom stereocenters. The summed E-state index contributed by atoms with van der Waals surface area (Å²) in [5.41, 5.74) is 1.03. The molecule has 0 spiro atoms. The highest BCUT2D eigenvalue weighted by Crippen LogP contribution is 2.20. The molecule has 56 valence electrons. The Morgan fingerprint density at radius 1 is 1.60 bits per heavy atom. The van der Waals surface area contributed by atoms with E-state index >= 15 is 0 Å². The fourth-order valence-corrected chi connectivity index (χ4v) is 1.14. The van der Waals surface area contributed by atoms with Crippen LogP contribution in [0, 0.1) is 6.92 Å². The maximum absolute atomic E-state index is 4.95. The Kier molecular flexibility index (Phi) is 2.49. The number of hydrogen-bond donors (Lipinski definition) is 0. The highest BCUT2D eigenvalue weighted by molar-refractivity contribution is 9.10. The summed E-state index contributed by atoms with van der Waals surface area (Å²) in [4.78, 5) is 0. The van der Waals surface area contributed by atoms with Crippen molar-refractivity contribution in [2.75, 3.05) is 0 Å². The molecular formula is C7H10BrNO. The van der Waals surface area contributed by atoms with Gasteiger partial charge in [0.15, 0.2) is 0 Å². The molecule has 0 aliphatic carbocycles. The van der Waals surface area contributed by atoms with Crippen LogP contribution in [0.25, 0.3) is 0 Å². The predicted octanol–water partition coefficient (Wildman–Crippen LogP) is 2.70. The van der Waals surface area contributed by atoms with Crippen molar-refractivity contribution in [3.8, 4) is 0 Å². The molecule has 2 nitrogen and oxygen atoms in total. The van der Waals surface area contributed by atoms with Gasteiger partial charge in [0.05, 0.1) is 10.2 Å². The Balaban J connectivity index is 2.83. The van der Waals surface area contributed by atoms with Crippen LogP contribution >= 0.6 is 15.9 Å². The smallest absolute Gasteiger partial charge is 0.148 e. The zero-order valence-electron chi connectivity index (χ0n) is 6.15. The molecule has 0 fully saturated rings. The van der Waals surface area contributed by atoms with E-state index in [1.54, 1.807) is 0 Å². The zero-order valence-corrected chi connectivity index (χ0v) is 7.73. The van der Waals surface area contributed by atoms with E-state index < -0.39 is 0 Å². The molecule has 0 aromatic carbocycles. The zero-order chi connectivity index (χ0) is 7.56. The molecular weight excluding hydrogens is 194 g/mol. The standard InChI is InChI=1S/C7H10BrNO/c1-3-4-6-7(8)5(2)10-9-6/h3-4H2,1-2H3. The van der Waals surface area contributed by atoms with Crippen LogP contribution in [0.2, 0.25) is 0 Å². The van der Waals surface area contributed by atoms with Crippen LogP contribution in [-0.4, -0.2) is 5.16 Å². The van der Waals surface area contributed by atoms with Crippen molar-refractivity contribution in [3.63, 3.8) is 0 Å². The molecule has 1 heterocycles. The first kappa shape index (κ1) is 7.79. The molecule has 0 unspecified atom stereocenters. The molecule has 0 radical (unpaired) electrons. The van der Waals surface area contributed by atoms with Crippen LogP contribution in [0.5, 0.6) is 0 Å². The second-order valence-corrected chi connectivity index (χ2v) is 3.04. The maximum atomic E-state index is 4.95. The normalized spacial score (nSPS) is 10.3. The van der Waals surface area contributed by atoms with Crippen molar-refractivity contribution < 1.29 is 4.52 Å². The van der Waals surface area contributed by atoms with Crippen molar-refractivity contribution in [2.45, 2.75) is 26.7 Å². The number of hydrogen-bond acceptors (Lipinski definition) is 2. The van der Waals surface area contributed by atoms with Crippen molar-refractivity contribution in [1.29, 1.82) is 0 Å². The molecule has 0 saturated heterocycles. The highest BCUT2D eigenvalue weighted by atomic mass is 79.9. The SMILES string of the molecule is CCCc1noc(C)c1Br. The van der Waals surface area contributed by atoms with Crippen molar-refractivity contribution in [2.24, 2.45) is 0 Å². The Hall–Kier alpha value is -0.310. The Morgan fingerprint density at radius 2 is 2.30 bits per heavy atom. The number of halogens is 1. The lowest BCUT2D eigenvalue weighted by molar-refractivity contribution is 0.390. The van der Waals surface area contributed by atoms with E-state index in [1.807, 2.05) is 6.92 Å². The van der Waals surface area contributed by atoms with Gasteiger partial charge in [-0.15, -0.1) is 0 Å². The number of rotatable bonds is 2. The Labute approximate surface area is 68.7 Å². The quantitative estimate of drug-likeness (QED) is 0.740. The van der Waals surface area contributed by atoms with Crippen LogP contribution in [0.3, 0.4) is 0 Å². The van der Waals surface area contributed by atoms with Crippen LogP contribution < -0.4 is 0 Å². The molecule has 10 heavy (non-hydrogen) atoms.